The van der Waals surface area contributed by atoms with E-state index in [2.05, 4.69) is 5.32 Å². The maximum Gasteiger partial charge on any atom is 0.265 e. The van der Waals surface area contributed by atoms with Gasteiger partial charge in [0.05, 0.1) is 10.6 Å². The van der Waals surface area contributed by atoms with Crippen LogP contribution in [0.3, 0.4) is 0 Å². The van der Waals surface area contributed by atoms with Crippen LogP contribution in [0.2, 0.25) is 5.02 Å². The summed E-state index contributed by atoms with van der Waals surface area (Å²) in [4.78, 5) is 12.5. The molecule has 0 spiro atoms. The highest BCUT2D eigenvalue weighted by Gasteiger charge is 2.34. The zero-order chi connectivity index (χ0) is 21.1. The Morgan fingerprint density at radius 1 is 0.967 bits per heavy atom. The molecular weight excluding hydrogens is 420 g/mol. The molecule has 0 radical (unpaired) electrons. The van der Waals surface area contributed by atoms with Gasteiger partial charge in [-0.3, -0.25) is 9.10 Å². The Morgan fingerprint density at radius 3 is 2.47 bits per heavy atom. The number of carbonyl (C=O) groups excluding carboxylic acids is 1. The van der Waals surface area contributed by atoms with E-state index < -0.39 is 10.0 Å². The Labute approximate surface area is 181 Å². The van der Waals surface area contributed by atoms with Gasteiger partial charge in [-0.05, 0) is 54.5 Å². The zero-order valence-corrected chi connectivity index (χ0v) is 18.0. The predicted molar refractivity (Wildman–Crippen MR) is 120 cm³/mol. The van der Waals surface area contributed by atoms with Crippen LogP contribution >= 0.6 is 11.6 Å². The van der Waals surface area contributed by atoms with Crippen LogP contribution in [0.4, 0.5) is 5.69 Å². The van der Waals surface area contributed by atoms with Gasteiger partial charge in [-0.1, -0.05) is 48.0 Å². The molecule has 156 valence electrons. The van der Waals surface area contributed by atoms with Crippen LogP contribution in [0.15, 0.2) is 65.6 Å². The average molecular weight is 443 g/mol. The number of nitrogens with zero attached hydrogens (tertiary/aromatic N) is 1. The van der Waals surface area contributed by atoms with Crippen molar-refractivity contribution in [2.24, 2.45) is 0 Å². The fraction of sp³-hybridized carbons (Fsp3) is 0.261. The second-order valence-corrected chi connectivity index (χ2v) is 9.66. The summed E-state index contributed by atoms with van der Waals surface area (Å²) in [5.41, 5.74) is 1.88. The third-order valence-electron chi connectivity index (χ3n) is 5.32. The third kappa shape index (κ3) is 4.16. The summed E-state index contributed by atoms with van der Waals surface area (Å²) in [7, 11) is -3.56. The van der Waals surface area contributed by atoms with Crippen molar-refractivity contribution >= 4 is 44.0 Å². The van der Waals surface area contributed by atoms with Gasteiger partial charge in [-0.25, -0.2) is 8.42 Å². The summed E-state index contributed by atoms with van der Waals surface area (Å²) >= 11 is 5.88. The SMILES string of the molecule is O=C(CCCN1c2cccc3cccc(c23)S1(=O)=O)NCCCc1ccc(Cl)cc1. The number of hydrogen-bond donors (Lipinski definition) is 1. The minimum absolute atomic E-state index is 0.0570. The molecule has 0 fully saturated rings. The van der Waals surface area contributed by atoms with E-state index in [9.17, 15) is 13.2 Å². The number of nitrogens with one attached hydrogen (secondary N) is 1. The lowest BCUT2D eigenvalue weighted by Crippen LogP contribution is -2.30. The zero-order valence-electron chi connectivity index (χ0n) is 16.5. The number of hydrogen-bond acceptors (Lipinski definition) is 3. The average Bonchev–Trinajstić information content (AvgIpc) is 2.96. The lowest BCUT2D eigenvalue weighted by molar-refractivity contribution is -0.121. The summed E-state index contributed by atoms with van der Waals surface area (Å²) in [6, 6.07) is 18.6. The van der Waals surface area contributed by atoms with Crippen LogP contribution in [0.5, 0.6) is 0 Å². The van der Waals surface area contributed by atoms with E-state index in [-0.39, 0.29) is 12.5 Å². The summed E-state index contributed by atoms with van der Waals surface area (Å²) in [5, 5.41) is 5.31. The molecule has 30 heavy (non-hydrogen) atoms. The number of carbonyl (C=O) groups is 1. The van der Waals surface area contributed by atoms with Crippen LogP contribution in [0.1, 0.15) is 24.8 Å². The molecule has 3 aromatic carbocycles. The number of anilines is 1. The van der Waals surface area contributed by atoms with E-state index in [4.69, 9.17) is 11.6 Å². The van der Waals surface area contributed by atoms with E-state index in [1.54, 1.807) is 12.1 Å². The number of aryl methyl sites for hydroxylation is 1. The Bertz CT molecular complexity index is 1170. The highest BCUT2D eigenvalue weighted by atomic mass is 35.5. The van der Waals surface area contributed by atoms with Gasteiger partial charge < -0.3 is 5.32 Å². The molecular formula is C23H23ClN2O3S. The molecule has 1 heterocycles. The maximum absolute atomic E-state index is 12.9. The molecule has 0 aliphatic carbocycles. The van der Waals surface area contributed by atoms with Crippen molar-refractivity contribution in [1.82, 2.24) is 5.32 Å². The molecule has 1 amide bonds. The number of rotatable bonds is 8. The minimum Gasteiger partial charge on any atom is -0.356 e. The van der Waals surface area contributed by atoms with Crippen LogP contribution in [-0.2, 0) is 21.2 Å². The van der Waals surface area contributed by atoms with Gasteiger partial charge in [0.2, 0.25) is 5.91 Å². The molecule has 0 saturated heterocycles. The van der Waals surface area contributed by atoms with Gasteiger partial charge in [0.15, 0.2) is 0 Å². The minimum atomic E-state index is -3.56. The van der Waals surface area contributed by atoms with E-state index >= 15 is 0 Å². The highest BCUT2D eigenvalue weighted by molar-refractivity contribution is 7.93. The first-order valence-electron chi connectivity index (χ1n) is 10.0. The van der Waals surface area contributed by atoms with Gasteiger partial charge in [-0.2, -0.15) is 0 Å². The van der Waals surface area contributed by atoms with E-state index in [0.717, 1.165) is 23.6 Å². The Hall–Kier alpha value is -2.57. The first-order chi connectivity index (χ1) is 14.5. The fourth-order valence-electron chi connectivity index (χ4n) is 3.84. The number of benzene rings is 3. The van der Waals surface area contributed by atoms with Crippen molar-refractivity contribution in [3.05, 3.63) is 71.2 Å². The molecule has 1 aliphatic rings. The molecule has 4 rings (SSSR count). The van der Waals surface area contributed by atoms with E-state index in [0.29, 0.717) is 35.0 Å². The third-order valence-corrected chi connectivity index (χ3v) is 7.43. The normalized spacial score (nSPS) is 14.2. The standard InChI is InChI=1S/C23H23ClN2O3S/c24-19-13-11-17(12-14-19)5-3-15-25-22(27)10-4-16-26-20-8-1-6-18-7-2-9-21(23(18)20)30(26,28)29/h1-2,6-9,11-14H,3-5,10,15-16H2,(H,25,27). The van der Waals surface area contributed by atoms with Crippen molar-refractivity contribution in [3.63, 3.8) is 0 Å². The molecule has 0 aromatic heterocycles. The summed E-state index contributed by atoms with van der Waals surface area (Å²) in [6.45, 7) is 0.878. The first-order valence-corrected chi connectivity index (χ1v) is 11.8. The highest BCUT2D eigenvalue weighted by Crippen LogP contribution is 2.41. The van der Waals surface area contributed by atoms with Crippen LogP contribution in [-0.4, -0.2) is 27.4 Å². The molecule has 0 bridgehead atoms. The largest absolute Gasteiger partial charge is 0.356 e. The van der Waals surface area contributed by atoms with Gasteiger partial charge in [0, 0.05) is 29.9 Å². The Balaban J connectivity index is 1.27. The maximum atomic E-state index is 12.9. The van der Waals surface area contributed by atoms with Gasteiger partial charge >= 0.3 is 0 Å². The van der Waals surface area contributed by atoms with Gasteiger partial charge in [-0.15, -0.1) is 0 Å². The Kier molecular flexibility index (Phi) is 5.97. The molecule has 3 aromatic rings. The van der Waals surface area contributed by atoms with Gasteiger partial charge in [0.25, 0.3) is 10.0 Å². The molecule has 0 saturated carbocycles. The van der Waals surface area contributed by atoms with Crippen molar-refractivity contribution < 1.29 is 13.2 Å². The fourth-order valence-corrected chi connectivity index (χ4v) is 5.72. The van der Waals surface area contributed by atoms with Crippen LogP contribution in [0.25, 0.3) is 10.8 Å². The van der Waals surface area contributed by atoms with Crippen LogP contribution in [0, 0.1) is 0 Å². The molecule has 5 nitrogen and oxygen atoms in total. The Morgan fingerprint density at radius 2 is 1.70 bits per heavy atom. The second kappa shape index (κ2) is 8.66. The molecule has 0 atom stereocenters. The second-order valence-electron chi connectivity index (χ2n) is 7.39. The number of amides is 1. The quantitative estimate of drug-likeness (QED) is 0.521. The first kappa shape index (κ1) is 20.7. The van der Waals surface area contributed by atoms with Crippen molar-refractivity contribution in [2.75, 3.05) is 17.4 Å². The summed E-state index contributed by atoms with van der Waals surface area (Å²) in [5.74, 6) is -0.0570. The van der Waals surface area contributed by atoms with E-state index in [1.807, 2.05) is 48.5 Å². The van der Waals surface area contributed by atoms with Crippen molar-refractivity contribution in [1.29, 1.82) is 0 Å². The van der Waals surface area contributed by atoms with Crippen molar-refractivity contribution in [3.8, 4) is 0 Å². The molecule has 1 aliphatic heterocycles. The van der Waals surface area contributed by atoms with E-state index in [1.165, 1.54) is 9.87 Å². The molecule has 7 heteroatoms. The van der Waals surface area contributed by atoms with Gasteiger partial charge in [0.1, 0.15) is 0 Å². The number of sulfonamides is 1. The van der Waals surface area contributed by atoms with Crippen molar-refractivity contribution in [2.45, 2.75) is 30.6 Å². The summed E-state index contributed by atoms with van der Waals surface area (Å²) in [6.07, 6.45) is 2.46. The lowest BCUT2D eigenvalue weighted by atomic mass is 10.1. The van der Waals surface area contributed by atoms with Crippen LogP contribution < -0.4 is 9.62 Å². The smallest absolute Gasteiger partial charge is 0.265 e. The lowest BCUT2D eigenvalue weighted by Gasteiger charge is -2.18. The molecule has 1 N–H and O–H groups in total. The summed E-state index contributed by atoms with van der Waals surface area (Å²) < 4.78 is 27.3. The molecule has 0 unspecified atom stereocenters. The topological polar surface area (TPSA) is 66.5 Å². The number of halogens is 1. The predicted octanol–water partition coefficient (Wildman–Crippen LogP) is 4.53. The monoisotopic (exact) mass is 442 g/mol.